The van der Waals surface area contributed by atoms with Crippen molar-refractivity contribution in [1.29, 1.82) is 0 Å². The fourth-order valence-corrected chi connectivity index (χ4v) is 8.71. The van der Waals surface area contributed by atoms with Gasteiger partial charge in [-0.1, -0.05) is 169 Å². The molecule has 0 saturated carbocycles. The first-order chi connectivity index (χ1) is 36.3. The molecule has 1 fully saturated rings. The summed E-state index contributed by atoms with van der Waals surface area (Å²) in [6.07, 6.45) is 26.2. The number of rotatable bonds is 47. The van der Waals surface area contributed by atoms with Gasteiger partial charge < -0.3 is 38.1 Å². The molecule has 1 heterocycles. The minimum atomic E-state index is -0.716. The van der Waals surface area contributed by atoms with E-state index < -0.39 is 67.1 Å². The maximum absolute atomic E-state index is 14.0. The monoisotopic (exact) mass is 1070 g/mol. The number of hydrogen-bond acceptors (Lipinski definition) is 17. The molecule has 0 aromatic heterocycles. The fraction of sp³-hybridized carbons (Fsp3) is 0.877. The lowest BCUT2D eigenvalue weighted by molar-refractivity contribution is -0.154. The van der Waals surface area contributed by atoms with Crippen molar-refractivity contribution in [2.24, 2.45) is 0 Å². The fourth-order valence-electron chi connectivity index (χ4n) is 8.71. The molecule has 1 saturated heterocycles. The molecule has 0 bridgehead atoms. The zero-order valence-electron chi connectivity index (χ0n) is 47.9. The summed E-state index contributed by atoms with van der Waals surface area (Å²) in [5, 5.41) is 0. The third kappa shape index (κ3) is 39.1. The van der Waals surface area contributed by atoms with E-state index in [1.807, 2.05) is 19.0 Å². The summed E-state index contributed by atoms with van der Waals surface area (Å²) in [5.74, 6) is -3.70. The van der Waals surface area contributed by atoms with Crippen LogP contribution in [0.4, 0.5) is 4.79 Å². The summed E-state index contributed by atoms with van der Waals surface area (Å²) in [6, 6.07) is -1.33. The third-order valence-electron chi connectivity index (χ3n) is 13.1. The lowest BCUT2D eigenvalue weighted by Gasteiger charge is -2.35. The number of hydrogen-bond donors (Lipinski definition) is 0. The van der Waals surface area contributed by atoms with Crippen molar-refractivity contribution >= 4 is 41.9 Å². The van der Waals surface area contributed by atoms with Crippen LogP contribution in [0.1, 0.15) is 207 Å². The molecule has 1 aliphatic heterocycles. The second-order valence-electron chi connectivity index (χ2n) is 20.5. The second-order valence-corrected chi connectivity index (χ2v) is 20.5. The van der Waals surface area contributed by atoms with Crippen LogP contribution in [0, 0.1) is 0 Å². The molecule has 0 aromatic rings. The van der Waals surface area contributed by atoms with Crippen molar-refractivity contribution in [2.45, 2.75) is 220 Å². The van der Waals surface area contributed by atoms with E-state index in [0.717, 1.165) is 154 Å². The number of esters is 6. The largest absolute Gasteiger partial charge is 0.465 e. The van der Waals surface area contributed by atoms with Crippen LogP contribution in [0.25, 0.3) is 0 Å². The first-order valence-electron chi connectivity index (χ1n) is 29.3. The molecule has 2 atom stereocenters. The molecule has 0 aromatic carbocycles. The third-order valence-corrected chi connectivity index (χ3v) is 13.1. The Hall–Kier alpha value is -4.03. The van der Waals surface area contributed by atoms with Crippen molar-refractivity contribution < 1.29 is 66.7 Å². The van der Waals surface area contributed by atoms with Crippen LogP contribution in [0.2, 0.25) is 0 Å². The van der Waals surface area contributed by atoms with Crippen molar-refractivity contribution in [3.05, 3.63) is 0 Å². The zero-order valence-corrected chi connectivity index (χ0v) is 47.9. The van der Waals surface area contributed by atoms with E-state index >= 15 is 0 Å². The van der Waals surface area contributed by atoms with E-state index in [0.29, 0.717) is 32.2 Å². The minimum absolute atomic E-state index is 0.0824. The summed E-state index contributed by atoms with van der Waals surface area (Å²) in [6.45, 7) is 7.56. The predicted molar refractivity (Wildman–Crippen MR) is 290 cm³/mol. The van der Waals surface area contributed by atoms with E-state index in [-0.39, 0.29) is 72.4 Å². The van der Waals surface area contributed by atoms with E-state index in [4.69, 9.17) is 33.2 Å². The number of carbonyl (C=O) groups excluding carboxylic acids is 7. The van der Waals surface area contributed by atoms with Gasteiger partial charge in [0.1, 0.15) is 19.8 Å². The van der Waals surface area contributed by atoms with Crippen molar-refractivity contribution in [1.82, 2.24) is 19.6 Å². The van der Waals surface area contributed by atoms with Crippen molar-refractivity contribution in [3.8, 4) is 0 Å². The van der Waals surface area contributed by atoms with Crippen LogP contribution >= 0.6 is 0 Å². The molecule has 0 radical (unpaired) electrons. The first kappa shape index (κ1) is 69.0. The molecule has 75 heavy (non-hydrogen) atoms. The van der Waals surface area contributed by atoms with Crippen molar-refractivity contribution in [2.75, 3.05) is 106 Å². The number of ether oxygens (including phenoxy) is 7. The molecule has 1 rings (SSSR count). The average molecular weight is 1070 g/mol. The Balaban J connectivity index is 3.12. The lowest BCUT2D eigenvalue weighted by Crippen LogP contribution is -2.51. The van der Waals surface area contributed by atoms with Crippen LogP contribution in [0.5, 0.6) is 0 Å². The number of unbranched alkanes of at least 4 members (excludes halogenated alkanes) is 20. The Kier molecular flexibility index (Phi) is 43.4. The van der Waals surface area contributed by atoms with Gasteiger partial charge in [0, 0.05) is 6.54 Å². The molecule has 0 N–H and O–H groups in total. The first-order valence-corrected chi connectivity index (χ1v) is 29.3. The molecule has 1 amide bonds. The summed E-state index contributed by atoms with van der Waals surface area (Å²) in [7, 11) is 3.71. The molecule has 0 unspecified atom stereocenters. The van der Waals surface area contributed by atoms with Crippen molar-refractivity contribution in [3.63, 3.8) is 0 Å². The Morgan fingerprint density at radius 3 is 0.907 bits per heavy atom. The summed E-state index contributed by atoms with van der Waals surface area (Å²) < 4.78 is 39.3. The van der Waals surface area contributed by atoms with Gasteiger partial charge in [-0.3, -0.25) is 43.5 Å². The van der Waals surface area contributed by atoms with Gasteiger partial charge in [-0.2, -0.15) is 0 Å². The van der Waals surface area contributed by atoms with Crippen LogP contribution in [0.15, 0.2) is 0 Å². The number of nitrogens with zero attached hydrogens (tertiary/aromatic N) is 4. The number of likely N-dealkylation sites (N-methyl/N-ethyl adjacent to an activating group) is 1. The molecule has 436 valence electrons. The Morgan fingerprint density at radius 1 is 0.360 bits per heavy atom. The smallest absolute Gasteiger partial charge is 0.410 e. The van der Waals surface area contributed by atoms with Gasteiger partial charge in [-0.25, -0.2) is 4.79 Å². The summed E-state index contributed by atoms with van der Waals surface area (Å²) in [5.41, 5.74) is 0. The van der Waals surface area contributed by atoms with Gasteiger partial charge in [0.15, 0.2) is 0 Å². The maximum Gasteiger partial charge on any atom is 0.410 e. The Bertz CT molecular complexity index is 1360. The number of amides is 1. The molecular weight excluding hydrogens is 965 g/mol. The van der Waals surface area contributed by atoms with Crippen LogP contribution in [-0.2, 0) is 61.9 Å². The minimum Gasteiger partial charge on any atom is -0.465 e. The highest BCUT2D eigenvalue weighted by Crippen LogP contribution is 2.25. The van der Waals surface area contributed by atoms with E-state index in [1.54, 1.807) is 0 Å². The van der Waals surface area contributed by atoms with Gasteiger partial charge in [0.2, 0.25) is 0 Å². The SMILES string of the molecule is CCCCCCCCOC(=O)CN(CC(=O)OCCCCCCCC)CC(=O)OC[C@H]1CCCC[C@@H](COC(=O)CN(CC(=O)OCCCCCCCC)CC(=O)OCCCCCCCC)N1C(=O)OCCN(C)C. The van der Waals surface area contributed by atoms with E-state index in [2.05, 4.69) is 27.7 Å². The Morgan fingerprint density at radius 2 is 0.627 bits per heavy atom. The molecule has 18 nitrogen and oxygen atoms in total. The number of carbonyl (C=O) groups is 7. The highest BCUT2D eigenvalue weighted by Gasteiger charge is 2.36. The quantitative estimate of drug-likeness (QED) is 0.0317. The van der Waals surface area contributed by atoms with Gasteiger partial charge >= 0.3 is 41.9 Å². The zero-order chi connectivity index (χ0) is 55.2. The maximum atomic E-state index is 14.0. The van der Waals surface area contributed by atoms with Gasteiger partial charge in [0.05, 0.1) is 77.8 Å². The lowest BCUT2D eigenvalue weighted by atomic mass is 10.1. The van der Waals surface area contributed by atoms with Gasteiger partial charge in [-0.15, -0.1) is 0 Å². The van der Waals surface area contributed by atoms with Gasteiger partial charge in [0.25, 0.3) is 0 Å². The Labute approximate surface area is 452 Å². The highest BCUT2D eigenvalue weighted by atomic mass is 16.6. The second kappa shape index (κ2) is 47.2. The van der Waals surface area contributed by atoms with E-state index in [1.165, 1.54) is 14.7 Å². The normalized spacial score (nSPS) is 14.7. The molecule has 18 heteroatoms. The van der Waals surface area contributed by atoms with Crippen LogP contribution in [-0.4, -0.2) is 180 Å². The average Bonchev–Trinajstić information content (AvgIpc) is 3.58. The summed E-state index contributed by atoms with van der Waals surface area (Å²) in [4.78, 5) is 99.1. The van der Waals surface area contributed by atoms with E-state index in [9.17, 15) is 33.6 Å². The predicted octanol–water partition coefficient (Wildman–Crippen LogP) is 9.60. The topological polar surface area (TPSA) is 197 Å². The molecular formula is C57H104N4O14. The highest BCUT2D eigenvalue weighted by molar-refractivity contribution is 5.79. The standard InChI is InChI=1S/C57H104N4O14/c1-7-11-15-19-23-29-36-69-51(62)41-59(42-52(63)70-37-30-24-20-16-12-8-2)45-55(66)74-47-49-33-27-28-34-50(61(49)57(68)73-40-35-58(5)6)48-75-56(67)46-60(43-53(64)71-38-31-25-21-17-13-9-3)44-54(65)72-39-32-26-22-18-14-10-4/h49-50H,7-48H2,1-6H3/t49-,50+. The molecule has 0 aliphatic carbocycles. The summed E-state index contributed by atoms with van der Waals surface area (Å²) >= 11 is 0. The van der Waals surface area contributed by atoms with Crippen LogP contribution < -0.4 is 0 Å². The van der Waals surface area contributed by atoms with Crippen LogP contribution in [0.3, 0.4) is 0 Å². The molecule has 1 aliphatic rings. The molecule has 0 spiro atoms. The van der Waals surface area contributed by atoms with Gasteiger partial charge in [-0.05, 0) is 52.6 Å². The number of likely N-dealkylation sites (tertiary alicyclic amines) is 1.